The molecule has 0 aliphatic rings. The first-order valence-electron chi connectivity index (χ1n) is 13.4. The van der Waals surface area contributed by atoms with E-state index in [0.717, 1.165) is 16.9 Å². The van der Waals surface area contributed by atoms with Gasteiger partial charge in [0.15, 0.2) is 0 Å². The number of nitrogens with one attached hydrogen (secondary N) is 1. The van der Waals surface area contributed by atoms with Crippen molar-refractivity contribution in [2.24, 2.45) is 5.92 Å². The van der Waals surface area contributed by atoms with Crippen LogP contribution in [0.15, 0.2) is 78.9 Å². The molecule has 0 aliphatic carbocycles. The Kier molecular flexibility index (Phi) is 11.7. The van der Waals surface area contributed by atoms with Crippen LogP contribution in [0.5, 0.6) is 17.2 Å². The third-order valence-electron chi connectivity index (χ3n) is 6.31. The molecular formula is C32H40N2O5. The third-order valence-corrected chi connectivity index (χ3v) is 6.31. The van der Waals surface area contributed by atoms with Gasteiger partial charge in [-0.1, -0.05) is 56.3 Å². The van der Waals surface area contributed by atoms with Crippen molar-refractivity contribution in [1.29, 1.82) is 0 Å². The van der Waals surface area contributed by atoms with Crippen LogP contribution in [0.2, 0.25) is 0 Å². The van der Waals surface area contributed by atoms with Gasteiger partial charge >= 0.3 is 0 Å². The standard InChI is InChI=1S/C32H40N2O5/c1-24(2)22-33-32(36)30(21-25-10-6-5-7-11-25)34(23-26-12-8-13-29(20-26)38-4)31(35)14-9-19-39-28-17-15-27(37-3)16-18-28/h5-8,10-13,15-18,20,24,30H,9,14,19,21-23H2,1-4H3,(H,33,36). The maximum Gasteiger partial charge on any atom is 0.243 e. The summed E-state index contributed by atoms with van der Waals surface area (Å²) in [6.07, 6.45) is 1.19. The van der Waals surface area contributed by atoms with Crippen LogP contribution in [0.3, 0.4) is 0 Å². The van der Waals surface area contributed by atoms with Crippen LogP contribution >= 0.6 is 0 Å². The Morgan fingerprint density at radius 2 is 1.49 bits per heavy atom. The highest BCUT2D eigenvalue weighted by molar-refractivity contribution is 5.88. The van der Waals surface area contributed by atoms with E-state index in [4.69, 9.17) is 14.2 Å². The third kappa shape index (κ3) is 9.67. The van der Waals surface area contributed by atoms with E-state index in [1.54, 1.807) is 19.1 Å². The quantitative estimate of drug-likeness (QED) is 0.270. The molecule has 0 fully saturated rings. The highest BCUT2D eigenvalue weighted by atomic mass is 16.5. The summed E-state index contributed by atoms with van der Waals surface area (Å²) in [7, 11) is 3.23. The lowest BCUT2D eigenvalue weighted by Gasteiger charge is -2.32. The molecule has 39 heavy (non-hydrogen) atoms. The number of rotatable bonds is 15. The van der Waals surface area contributed by atoms with Gasteiger partial charge in [0.25, 0.3) is 0 Å². The highest BCUT2D eigenvalue weighted by Crippen LogP contribution is 2.20. The number of nitrogens with zero attached hydrogens (tertiary/aromatic N) is 1. The number of ether oxygens (including phenoxy) is 3. The summed E-state index contributed by atoms with van der Waals surface area (Å²) in [6.45, 7) is 5.32. The van der Waals surface area contributed by atoms with Crippen LogP contribution in [0.4, 0.5) is 0 Å². The van der Waals surface area contributed by atoms with Crippen molar-refractivity contribution in [2.75, 3.05) is 27.4 Å². The van der Waals surface area contributed by atoms with E-state index in [1.165, 1.54) is 0 Å². The molecule has 0 saturated carbocycles. The van der Waals surface area contributed by atoms with Gasteiger partial charge in [0.05, 0.1) is 20.8 Å². The molecule has 2 amide bonds. The Hall–Kier alpha value is -4.00. The van der Waals surface area contributed by atoms with Crippen molar-refractivity contribution < 1.29 is 23.8 Å². The van der Waals surface area contributed by atoms with Gasteiger partial charge in [-0.15, -0.1) is 0 Å². The minimum atomic E-state index is -0.660. The van der Waals surface area contributed by atoms with Crippen LogP contribution in [-0.2, 0) is 22.6 Å². The molecule has 0 aromatic heterocycles. The summed E-state index contributed by atoms with van der Waals surface area (Å²) >= 11 is 0. The molecule has 208 valence electrons. The molecule has 3 aromatic rings. The zero-order valence-corrected chi connectivity index (χ0v) is 23.4. The van der Waals surface area contributed by atoms with E-state index in [9.17, 15) is 9.59 Å². The van der Waals surface area contributed by atoms with Crippen molar-refractivity contribution >= 4 is 11.8 Å². The number of hydrogen-bond acceptors (Lipinski definition) is 5. The van der Waals surface area contributed by atoms with Crippen molar-refractivity contribution in [3.8, 4) is 17.2 Å². The SMILES string of the molecule is COc1ccc(OCCCC(=O)N(Cc2cccc(OC)c2)C(Cc2ccccc2)C(=O)NCC(C)C)cc1. The fraction of sp³-hybridized carbons (Fsp3) is 0.375. The predicted molar refractivity (Wildman–Crippen MR) is 153 cm³/mol. The number of methoxy groups -OCH3 is 2. The van der Waals surface area contributed by atoms with Crippen LogP contribution < -0.4 is 19.5 Å². The fourth-order valence-electron chi connectivity index (χ4n) is 4.17. The van der Waals surface area contributed by atoms with E-state index in [1.807, 2.05) is 78.9 Å². The summed E-state index contributed by atoms with van der Waals surface area (Å²) in [5.74, 6) is 2.22. The van der Waals surface area contributed by atoms with Crippen molar-refractivity contribution in [1.82, 2.24) is 10.2 Å². The Labute approximate surface area is 232 Å². The predicted octanol–water partition coefficient (Wildman–Crippen LogP) is 5.28. The lowest BCUT2D eigenvalue weighted by molar-refractivity contribution is -0.141. The first-order chi connectivity index (χ1) is 18.9. The summed E-state index contributed by atoms with van der Waals surface area (Å²) in [4.78, 5) is 28.9. The molecule has 0 saturated heterocycles. The van der Waals surface area contributed by atoms with Gasteiger partial charge in [-0.2, -0.15) is 0 Å². The minimum Gasteiger partial charge on any atom is -0.497 e. The van der Waals surface area contributed by atoms with Gasteiger partial charge in [0.1, 0.15) is 23.3 Å². The number of carbonyl (C=O) groups is 2. The molecule has 7 heteroatoms. The van der Waals surface area contributed by atoms with Crippen molar-refractivity contribution in [3.05, 3.63) is 90.0 Å². The molecule has 1 atom stereocenters. The summed E-state index contributed by atoms with van der Waals surface area (Å²) in [5.41, 5.74) is 1.89. The molecule has 0 aliphatic heterocycles. The van der Waals surface area contributed by atoms with Gasteiger partial charge in [-0.05, 0) is 59.9 Å². The number of amides is 2. The zero-order chi connectivity index (χ0) is 28.0. The maximum absolute atomic E-state index is 13.7. The Morgan fingerprint density at radius 1 is 0.821 bits per heavy atom. The van der Waals surface area contributed by atoms with Crippen LogP contribution in [0, 0.1) is 5.92 Å². The molecule has 7 nitrogen and oxygen atoms in total. The van der Waals surface area contributed by atoms with Crippen molar-refractivity contribution in [2.45, 2.75) is 45.7 Å². The normalized spacial score (nSPS) is 11.5. The second-order valence-electron chi connectivity index (χ2n) is 9.85. The number of carbonyl (C=O) groups excluding carboxylic acids is 2. The molecule has 1 unspecified atom stereocenters. The summed E-state index contributed by atoms with van der Waals surface area (Å²) in [6, 6.07) is 24.1. The molecule has 0 radical (unpaired) electrons. The van der Waals surface area contributed by atoms with Gasteiger partial charge in [-0.25, -0.2) is 0 Å². The highest BCUT2D eigenvalue weighted by Gasteiger charge is 2.30. The van der Waals surface area contributed by atoms with E-state index in [0.29, 0.717) is 50.0 Å². The van der Waals surface area contributed by atoms with Gasteiger partial charge in [-0.3, -0.25) is 9.59 Å². The first kappa shape index (κ1) is 29.6. The van der Waals surface area contributed by atoms with Crippen LogP contribution in [0.1, 0.15) is 37.8 Å². The average Bonchev–Trinajstić information content (AvgIpc) is 2.96. The Morgan fingerprint density at radius 3 is 2.15 bits per heavy atom. The molecule has 0 bridgehead atoms. The van der Waals surface area contributed by atoms with Gasteiger partial charge in [0, 0.05) is 25.9 Å². The topological polar surface area (TPSA) is 77.1 Å². The van der Waals surface area contributed by atoms with Crippen LogP contribution in [0.25, 0.3) is 0 Å². The maximum atomic E-state index is 13.7. The van der Waals surface area contributed by atoms with E-state index in [2.05, 4.69) is 19.2 Å². The molecule has 3 rings (SSSR count). The summed E-state index contributed by atoms with van der Waals surface area (Å²) < 4.78 is 16.4. The summed E-state index contributed by atoms with van der Waals surface area (Å²) in [5, 5.41) is 3.05. The first-order valence-corrected chi connectivity index (χ1v) is 13.4. The monoisotopic (exact) mass is 532 g/mol. The average molecular weight is 533 g/mol. The largest absolute Gasteiger partial charge is 0.497 e. The minimum absolute atomic E-state index is 0.100. The number of hydrogen-bond donors (Lipinski definition) is 1. The second-order valence-corrected chi connectivity index (χ2v) is 9.85. The van der Waals surface area contributed by atoms with E-state index >= 15 is 0 Å². The molecule has 0 spiro atoms. The second kappa shape index (κ2) is 15.4. The van der Waals surface area contributed by atoms with Crippen LogP contribution in [-0.4, -0.2) is 50.1 Å². The molecule has 3 aromatic carbocycles. The molecule has 1 N–H and O–H groups in total. The van der Waals surface area contributed by atoms with Crippen molar-refractivity contribution in [3.63, 3.8) is 0 Å². The zero-order valence-electron chi connectivity index (χ0n) is 23.4. The Balaban J connectivity index is 1.78. The lowest BCUT2D eigenvalue weighted by Crippen LogP contribution is -2.51. The van der Waals surface area contributed by atoms with Gasteiger partial charge < -0.3 is 24.4 Å². The fourth-order valence-corrected chi connectivity index (χ4v) is 4.17. The van der Waals surface area contributed by atoms with Gasteiger partial charge in [0.2, 0.25) is 11.8 Å². The van der Waals surface area contributed by atoms with E-state index in [-0.39, 0.29) is 18.2 Å². The smallest absolute Gasteiger partial charge is 0.243 e. The lowest BCUT2D eigenvalue weighted by atomic mass is 10.0. The van der Waals surface area contributed by atoms with E-state index < -0.39 is 6.04 Å². The molecule has 0 heterocycles. The number of benzene rings is 3. The molecular weight excluding hydrogens is 492 g/mol. The Bertz CT molecular complexity index is 1160.